The van der Waals surface area contributed by atoms with E-state index in [1.54, 1.807) is 4.90 Å². The number of carbonyl (C=O) groups excluding carboxylic acids is 2. The van der Waals surface area contributed by atoms with Crippen molar-refractivity contribution in [2.75, 3.05) is 13.1 Å². The molecule has 1 atom stereocenters. The second kappa shape index (κ2) is 7.39. The summed E-state index contributed by atoms with van der Waals surface area (Å²) in [5.41, 5.74) is 0. The molecule has 4 heteroatoms. The third-order valence-corrected chi connectivity index (χ3v) is 3.27. The molecule has 104 valence electrons. The molecule has 0 radical (unpaired) electrons. The standard InChI is InChI=1S/C14H26N2O2/c1-4-5-6-7-8-16-10-13(17)15-12(14(16)18)9-11(2)3/h11-12H,4-10H2,1-3H3,(H,15,17). The SMILES string of the molecule is CCCCCCN1CC(=O)NC(CC(C)C)C1=O. The van der Waals surface area contributed by atoms with Gasteiger partial charge in [-0.3, -0.25) is 9.59 Å². The molecule has 0 aromatic heterocycles. The maximum Gasteiger partial charge on any atom is 0.245 e. The Morgan fingerprint density at radius 1 is 1.28 bits per heavy atom. The van der Waals surface area contributed by atoms with Gasteiger partial charge in [0.1, 0.15) is 6.04 Å². The topological polar surface area (TPSA) is 49.4 Å². The van der Waals surface area contributed by atoms with Crippen LogP contribution < -0.4 is 5.32 Å². The summed E-state index contributed by atoms with van der Waals surface area (Å²) in [6.07, 6.45) is 5.25. The van der Waals surface area contributed by atoms with E-state index in [1.165, 1.54) is 12.8 Å². The lowest BCUT2D eigenvalue weighted by Crippen LogP contribution is -2.58. The predicted octanol–water partition coefficient (Wildman–Crippen LogP) is 1.94. The van der Waals surface area contributed by atoms with Gasteiger partial charge in [0.05, 0.1) is 6.54 Å². The largest absolute Gasteiger partial charge is 0.343 e. The van der Waals surface area contributed by atoms with E-state index < -0.39 is 0 Å². The van der Waals surface area contributed by atoms with Crippen LogP contribution in [0.5, 0.6) is 0 Å². The van der Waals surface area contributed by atoms with Crippen molar-refractivity contribution in [2.24, 2.45) is 5.92 Å². The summed E-state index contributed by atoms with van der Waals surface area (Å²) in [6.45, 7) is 7.26. The molecule has 1 heterocycles. The first-order chi connectivity index (χ1) is 8.54. The van der Waals surface area contributed by atoms with Crippen molar-refractivity contribution in [3.8, 4) is 0 Å². The molecule has 1 aliphatic rings. The van der Waals surface area contributed by atoms with Gasteiger partial charge in [-0.2, -0.15) is 0 Å². The molecule has 0 spiro atoms. The number of hydrogen-bond donors (Lipinski definition) is 1. The minimum atomic E-state index is -0.308. The third kappa shape index (κ3) is 4.67. The van der Waals surface area contributed by atoms with Crippen LogP contribution in [0.15, 0.2) is 0 Å². The molecular weight excluding hydrogens is 228 g/mol. The van der Waals surface area contributed by atoms with Crippen molar-refractivity contribution in [1.29, 1.82) is 0 Å². The highest BCUT2D eigenvalue weighted by Crippen LogP contribution is 2.12. The molecule has 2 amide bonds. The fourth-order valence-electron chi connectivity index (χ4n) is 2.32. The van der Waals surface area contributed by atoms with Crippen molar-refractivity contribution >= 4 is 11.8 Å². The van der Waals surface area contributed by atoms with E-state index >= 15 is 0 Å². The summed E-state index contributed by atoms with van der Waals surface area (Å²) in [5.74, 6) is 0.495. The summed E-state index contributed by atoms with van der Waals surface area (Å²) in [5, 5.41) is 2.80. The lowest BCUT2D eigenvalue weighted by atomic mass is 10.0. The number of unbranched alkanes of at least 4 members (excludes halogenated alkanes) is 3. The van der Waals surface area contributed by atoms with Gasteiger partial charge in [-0.1, -0.05) is 40.0 Å². The molecule has 18 heavy (non-hydrogen) atoms. The summed E-state index contributed by atoms with van der Waals surface area (Å²) in [7, 11) is 0. The van der Waals surface area contributed by atoms with E-state index in [0.29, 0.717) is 5.92 Å². The van der Waals surface area contributed by atoms with Gasteiger partial charge in [0.25, 0.3) is 0 Å². The molecule has 1 rings (SSSR count). The molecule has 1 N–H and O–H groups in total. The highest BCUT2D eigenvalue weighted by Gasteiger charge is 2.32. The van der Waals surface area contributed by atoms with Crippen LogP contribution in [0.4, 0.5) is 0 Å². The number of piperazine rings is 1. The van der Waals surface area contributed by atoms with E-state index in [9.17, 15) is 9.59 Å². The Hall–Kier alpha value is -1.06. The van der Waals surface area contributed by atoms with Gasteiger partial charge in [-0.05, 0) is 18.8 Å². The molecule has 1 unspecified atom stereocenters. The number of carbonyl (C=O) groups is 2. The lowest BCUT2D eigenvalue weighted by molar-refractivity contribution is -0.144. The van der Waals surface area contributed by atoms with Crippen LogP contribution in [-0.4, -0.2) is 35.8 Å². The molecule has 0 saturated carbocycles. The van der Waals surface area contributed by atoms with Gasteiger partial charge >= 0.3 is 0 Å². The van der Waals surface area contributed by atoms with Crippen LogP contribution in [-0.2, 0) is 9.59 Å². The molecule has 4 nitrogen and oxygen atoms in total. The van der Waals surface area contributed by atoms with Gasteiger partial charge in [-0.25, -0.2) is 0 Å². The molecule has 0 aromatic rings. The number of hydrogen-bond acceptors (Lipinski definition) is 2. The first-order valence-corrected chi connectivity index (χ1v) is 7.12. The van der Waals surface area contributed by atoms with Crippen LogP contribution in [0, 0.1) is 5.92 Å². The Balaban J connectivity index is 2.45. The second-order valence-corrected chi connectivity index (χ2v) is 5.57. The molecule has 1 saturated heterocycles. The first-order valence-electron chi connectivity index (χ1n) is 7.12. The van der Waals surface area contributed by atoms with Crippen molar-refractivity contribution < 1.29 is 9.59 Å². The van der Waals surface area contributed by atoms with Crippen LogP contribution in [0.1, 0.15) is 52.9 Å². The molecule has 1 aliphatic heterocycles. The van der Waals surface area contributed by atoms with Crippen LogP contribution in [0.2, 0.25) is 0 Å². The van der Waals surface area contributed by atoms with Crippen molar-refractivity contribution in [3.63, 3.8) is 0 Å². The van der Waals surface area contributed by atoms with E-state index in [0.717, 1.165) is 25.8 Å². The Kier molecular flexibility index (Phi) is 6.16. The Morgan fingerprint density at radius 3 is 2.61 bits per heavy atom. The molecule has 1 fully saturated rings. The number of nitrogens with zero attached hydrogens (tertiary/aromatic N) is 1. The van der Waals surface area contributed by atoms with Crippen molar-refractivity contribution in [1.82, 2.24) is 10.2 Å². The number of nitrogens with one attached hydrogen (secondary N) is 1. The smallest absolute Gasteiger partial charge is 0.245 e. The Bertz CT molecular complexity index is 290. The van der Waals surface area contributed by atoms with Gasteiger partial charge in [0.15, 0.2) is 0 Å². The average molecular weight is 254 g/mol. The van der Waals surface area contributed by atoms with Gasteiger partial charge in [-0.15, -0.1) is 0 Å². The third-order valence-electron chi connectivity index (χ3n) is 3.27. The minimum absolute atomic E-state index is 0.0178. The zero-order valence-electron chi connectivity index (χ0n) is 11.9. The van der Waals surface area contributed by atoms with Crippen molar-refractivity contribution in [3.05, 3.63) is 0 Å². The summed E-state index contributed by atoms with van der Waals surface area (Å²) in [4.78, 5) is 25.5. The van der Waals surface area contributed by atoms with Gasteiger partial charge < -0.3 is 10.2 Å². The van der Waals surface area contributed by atoms with Crippen molar-refractivity contribution in [2.45, 2.75) is 58.9 Å². The maximum absolute atomic E-state index is 12.2. The highest BCUT2D eigenvalue weighted by molar-refractivity contribution is 5.94. The Morgan fingerprint density at radius 2 is 2.00 bits per heavy atom. The van der Waals surface area contributed by atoms with E-state index in [2.05, 4.69) is 26.1 Å². The number of rotatable bonds is 7. The van der Waals surface area contributed by atoms with Gasteiger partial charge in [0, 0.05) is 6.54 Å². The highest BCUT2D eigenvalue weighted by atomic mass is 16.2. The fraction of sp³-hybridized carbons (Fsp3) is 0.857. The molecule has 0 aromatic carbocycles. The summed E-state index contributed by atoms with van der Waals surface area (Å²) >= 11 is 0. The van der Waals surface area contributed by atoms with Crippen LogP contribution in [0.3, 0.4) is 0 Å². The normalized spacial score (nSPS) is 20.4. The molecule has 0 bridgehead atoms. The minimum Gasteiger partial charge on any atom is -0.343 e. The van der Waals surface area contributed by atoms with Crippen LogP contribution >= 0.6 is 0 Å². The van der Waals surface area contributed by atoms with Crippen LogP contribution in [0.25, 0.3) is 0 Å². The zero-order valence-corrected chi connectivity index (χ0v) is 11.9. The first kappa shape index (κ1) is 15.0. The quantitative estimate of drug-likeness (QED) is 0.706. The monoisotopic (exact) mass is 254 g/mol. The summed E-state index contributed by atoms with van der Waals surface area (Å²) in [6, 6.07) is -0.308. The fourth-order valence-corrected chi connectivity index (χ4v) is 2.32. The second-order valence-electron chi connectivity index (χ2n) is 5.57. The summed E-state index contributed by atoms with van der Waals surface area (Å²) < 4.78 is 0. The maximum atomic E-state index is 12.2. The Labute approximate surface area is 110 Å². The molecule has 0 aliphatic carbocycles. The van der Waals surface area contributed by atoms with E-state index in [-0.39, 0.29) is 24.4 Å². The lowest BCUT2D eigenvalue weighted by Gasteiger charge is -2.33. The number of amides is 2. The predicted molar refractivity (Wildman–Crippen MR) is 72.1 cm³/mol. The van der Waals surface area contributed by atoms with E-state index in [4.69, 9.17) is 0 Å². The average Bonchev–Trinajstić information content (AvgIpc) is 2.29. The zero-order chi connectivity index (χ0) is 13.5. The van der Waals surface area contributed by atoms with E-state index in [1.807, 2.05) is 0 Å². The molecular formula is C14H26N2O2. The van der Waals surface area contributed by atoms with Gasteiger partial charge in [0.2, 0.25) is 11.8 Å².